The normalized spacial score (nSPS) is 12.4. The Labute approximate surface area is 156 Å². The van der Waals surface area contributed by atoms with Gasteiger partial charge in [-0.05, 0) is 57.6 Å². The van der Waals surface area contributed by atoms with Gasteiger partial charge in [0.2, 0.25) is 0 Å². The predicted octanol–water partition coefficient (Wildman–Crippen LogP) is 5.33. The Morgan fingerprint density at radius 1 is 0.920 bits per heavy atom. The number of hydrogen-bond donors (Lipinski definition) is 2. The van der Waals surface area contributed by atoms with Gasteiger partial charge in [-0.2, -0.15) is 0 Å². The molecule has 0 unspecified atom stereocenters. The van der Waals surface area contributed by atoms with Gasteiger partial charge in [0, 0.05) is 25.5 Å². The molecule has 0 aliphatic heterocycles. The van der Waals surface area contributed by atoms with Gasteiger partial charge in [-0.1, -0.05) is 20.8 Å². The standard InChI is InChI=1S/C11H27O2PSi.C5H13O2P.FH.H3N/c1-11(2,3)15(6,7)13-9-8-10-14(4,5)12;1-8(2,7)5-3-4-6;;/h8-10H2,1-7H3;6H,3-5H2,1-2H3;1H;1H3. The highest BCUT2D eigenvalue weighted by atomic mass is 31.2. The molecule has 0 heterocycles. The molecular formula is C16H44FNO4P2Si. The molecule has 4 N–H and O–H groups in total. The average molecular weight is 424 g/mol. The summed E-state index contributed by atoms with van der Waals surface area (Å²) in [7, 11) is -5.29. The maximum atomic E-state index is 11.5. The van der Waals surface area contributed by atoms with E-state index in [-0.39, 0.29) is 22.5 Å². The van der Waals surface area contributed by atoms with Gasteiger partial charge in [-0.25, -0.2) is 0 Å². The summed E-state index contributed by atoms with van der Waals surface area (Å²) in [5.41, 5.74) is 0. The van der Waals surface area contributed by atoms with Crippen molar-refractivity contribution in [2.75, 3.05) is 52.2 Å². The number of hydrogen-bond acceptors (Lipinski definition) is 5. The summed E-state index contributed by atoms with van der Waals surface area (Å²) in [6.07, 6.45) is 3.08. The molecule has 0 aliphatic carbocycles. The third-order valence-corrected chi connectivity index (χ3v) is 11.3. The largest absolute Gasteiger partial charge is 0.417 e. The van der Waals surface area contributed by atoms with Crippen molar-refractivity contribution in [2.24, 2.45) is 0 Å². The minimum absolute atomic E-state index is 0. The van der Waals surface area contributed by atoms with E-state index in [2.05, 4.69) is 33.9 Å². The first-order valence-corrected chi connectivity index (χ1v) is 16.8. The van der Waals surface area contributed by atoms with Crippen molar-refractivity contribution in [1.82, 2.24) is 6.15 Å². The van der Waals surface area contributed by atoms with Crippen LogP contribution in [0.15, 0.2) is 0 Å². The second-order valence-electron chi connectivity index (χ2n) is 8.63. The minimum Gasteiger partial charge on any atom is -0.417 e. The first-order chi connectivity index (χ1) is 10.0. The molecule has 0 aromatic carbocycles. The molecule has 9 heteroatoms. The molecule has 0 spiro atoms. The van der Waals surface area contributed by atoms with Gasteiger partial charge in [0.1, 0.15) is 0 Å². The molecule has 0 saturated carbocycles. The van der Waals surface area contributed by atoms with E-state index >= 15 is 0 Å². The van der Waals surface area contributed by atoms with E-state index in [1.165, 1.54) is 0 Å². The summed E-state index contributed by atoms with van der Waals surface area (Å²) in [4.78, 5) is 0. The molecule has 158 valence electrons. The second-order valence-corrected chi connectivity index (χ2v) is 20.6. The van der Waals surface area contributed by atoms with Crippen molar-refractivity contribution < 1.29 is 23.4 Å². The smallest absolute Gasteiger partial charge is 0.191 e. The molecule has 0 aromatic heterocycles. The fourth-order valence-corrected chi connectivity index (χ4v) is 4.32. The van der Waals surface area contributed by atoms with Crippen LogP contribution < -0.4 is 6.15 Å². The van der Waals surface area contributed by atoms with Gasteiger partial charge in [-0.3, -0.25) is 4.70 Å². The van der Waals surface area contributed by atoms with E-state index in [1.807, 2.05) is 13.3 Å². The zero-order valence-electron chi connectivity index (χ0n) is 17.9. The monoisotopic (exact) mass is 423 g/mol. The zero-order chi connectivity index (χ0) is 18.9. The van der Waals surface area contributed by atoms with Crippen LogP contribution in [0.25, 0.3) is 0 Å². The Morgan fingerprint density at radius 3 is 1.52 bits per heavy atom. The SMILES string of the molecule is CC(C)(C)[Si](C)(C)OCCCP(C)(C)=O.CP(C)(=O)CCCO.F.N. The number of halogens is 1. The van der Waals surface area contributed by atoms with Gasteiger partial charge in [-0.15, -0.1) is 0 Å². The third kappa shape index (κ3) is 22.4. The van der Waals surface area contributed by atoms with E-state index in [1.54, 1.807) is 13.3 Å². The highest BCUT2D eigenvalue weighted by Gasteiger charge is 2.36. The summed E-state index contributed by atoms with van der Waals surface area (Å²) < 4.78 is 28.4. The molecule has 0 aromatic rings. The van der Waals surface area contributed by atoms with E-state index in [9.17, 15) is 9.13 Å². The minimum atomic E-state index is -1.85. The summed E-state index contributed by atoms with van der Waals surface area (Å²) in [5.74, 6) is 0. The molecule has 0 radical (unpaired) electrons. The van der Waals surface area contributed by atoms with Gasteiger partial charge >= 0.3 is 0 Å². The van der Waals surface area contributed by atoms with Crippen LogP contribution in [0.2, 0.25) is 18.1 Å². The average Bonchev–Trinajstić information content (AvgIpc) is 2.29. The number of aliphatic hydroxyl groups is 1. The molecule has 0 atom stereocenters. The van der Waals surface area contributed by atoms with E-state index in [4.69, 9.17) is 9.53 Å². The Morgan fingerprint density at radius 2 is 1.28 bits per heavy atom. The highest BCUT2D eigenvalue weighted by molar-refractivity contribution is 7.62. The first kappa shape index (κ1) is 33.1. The Balaban J connectivity index is -0.000000190. The Kier molecular flexibility index (Phi) is 18.0. The van der Waals surface area contributed by atoms with Crippen molar-refractivity contribution in [3.8, 4) is 0 Å². The Bertz CT molecular complexity index is 417. The quantitative estimate of drug-likeness (QED) is 0.312. The topological polar surface area (TPSA) is 98.6 Å². The van der Waals surface area contributed by atoms with Crippen molar-refractivity contribution in [1.29, 1.82) is 0 Å². The summed E-state index contributed by atoms with van der Waals surface area (Å²) in [6.45, 7) is 19.3. The summed E-state index contributed by atoms with van der Waals surface area (Å²) in [6, 6.07) is 0. The molecule has 5 nitrogen and oxygen atoms in total. The van der Waals surface area contributed by atoms with Crippen LogP contribution in [0.5, 0.6) is 0 Å². The fraction of sp³-hybridized carbons (Fsp3) is 1.00. The zero-order valence-corrected chi connectivity index (χ0v) is 20.7. The van der Waals surface area contributed by atoms with Crippen molar-refractivity contribution in [3.05, 3.63) is 0 Å². The van der Waals surface area contributed by atoms with Crippen LogP contribution in [-0.4, -0.2) is 65.6 Å². The maximum absolute atomic E-state index is 11.5. The van der Waals surface area contributed by atoms with Gasteiger partial charge in [0.15, 0.2) is 8.32 Å². The van der Waals surface area contributed by atoms with Crippen molar-refractivity contribution >= 4 is 22.6 Å². The molecule has 0 saturated heterocycles. The van der Waals surface area contributed by atoms with E-state index in [0.717, 1.165) is 19.2 Å². The van der Waals surface area contributed by atoms with Crippen LogP contribution in [-0.2, 0) is 13.6 Å². The number of aliphatic hydroxyl groups excluding tert-OH is 1. The lowest BCUT2D eigenvalue weighted by molar-refractivity contribution is 0.288. The van der Waals surface area contributed by atoms with E-state index < -0.39 is 22.6 Å². The lowest BCUT2D eigenvalue weighted by atomic mass is 10.2. The second kappa shape index (κ2) is 13.6. The molecule has 0 fully saturated rings. The van der Waals surface area contributed by atoms with Crippen LogP contribution >= 0.6 is 14.3 Å². The van der Waals surface area contributed by atoms with Crippen molar-refractivity contribution in [2.45, 2.75) is 51.7 Å². The van der Waals surface area contributed by atoms with Crippen LogP contribution in [0, 0.1) is 0 Å². The molecule has 0 rings (SSSR count). The molecule has 0 bridgehead atoms. The third-order valence-electron chi connectivity index (χ3n) is 3.96. The first-order valence-electron chi connectivity index (χ1n) is 8.35. The molecule has 0 aliphatic rings. The van der Waals surface area contributed by atoms with E-state index in [0.29, 0.717) is 12.6 Å². The van der Waals surface area contributed by atoms with Gasteiger partial charge in [0.05, 0.1) is 14.3 Å². The number of rotatable bonds is 8. The maximum Gasteiger partial charge on any atom is 0.191 e. The van der Waals surface area contributed by atoms with Crippen LogP contribution in [0.3, 0.4) is 0 Å². The predicted molar refractivity (Wildman–Crippen MR) is 116 cm³/mol. The highest BCUT2D eigenvalue weighted by Crippen LogP contribution is 2.38. The summed E-state index contributed by atoms with van der Waals surface area (Å²) >= 11 is 0. The van der Waals surface area contributed by atoms with Crippen LogP contribution in [0.4, 0.5) is 4.70 Å². The Hall–Kier alpha value is 0.487. The summed E-state index contributed by atoms with van der Waals surface area (Å²) in [5, 5.41) is 8.58. The molecule has 0 amide bonds. The molecular weight excluding hydrogens is 379 g/mol. The van der Waals surface area contributed by atoms with Gasteiger partial charge < -0.3 is 24.8 Å². The fourth-order valence-electron chi connectivity index (χ4n) is 1.44. The van der Waals surface area contributed by atoms with Crippen molar-refractivity contribution in [3.63, 3.8) is 0 Å². The lowest BCUT2D eigenvalue weighted by Crippen LogP contribution is -2.41. The van der Waals surface area contributed by atoms with Gasteiger partial charge in [0.25, 0.3) is 0 Å². The lowest BCUT2D eigenvalue weighted by Gasteiger charge is -2.36. The van der Waals surface area contributed by atoms with Crippen LogP contribution in [0.1, 0.15) is 33.6 Å². The molecule has 25 heavy (non-hydrogen) atoms.